The van der Waals surface area contributed by atoms with Crippen LogP contribution in [-0.4, -0.2) is 10.8 Å². The molecule has 1 N–H and O–H groups in total. The number of nitrogens with one attached hydrogen (secondary N) is 1. The van der Waals surface area contributed by atoms with Gasteiger partial charge in [-0.1, -0.05) is 71.2 Å². The van der Waals surface area contributed by atoms with E-state index in [-0.39, 0.29) is 5.91 Å². The molecule has 1 aliphatic rings. The second kappa shape index (κ2) is 7.43. The molecule has 0 fully saturated rings. The second-order valence-corrected chi connectivity index (χ2v) is 7.47. The van der Waals surface area contributed by atoms with Crippen LogP contribution in [0.3, 0.4) is 0 Å². The lowest BCUT2D eigenvalue weighted by atomic mass is 10.0. The van der Waals surface area contributed by atoms with Crippen molar-refractivity contribution in [2.75, 3.05) is 5.32 Å². The van der Waals surface area contributed by atoms with E-state index in [0.29, 0.717) is 32.7 Å². The molecule has 1 atom stereocenters. The van der Waals surface area contributed by atoms with Gasteiger partial charge in [0.15, 0.2) is 0 Å². The van der Waals surface area contributed by atoms with Crippen LogP contribution < -0.4 is 5.32 Å². The van der Waals surface area contributed by atoms with Gasteiger partial charge in [0.1, 0.15) is 6.17 Å². The van der Waals surface area contributed by atoms with E-state index in [0.717, 1.165) is 11.3 Å². The van der Waals surface area contributed by atoms with Crippen LogP contribution in [0.15, 0.2) is 66.7 Å². The minimum Gasteiger partial charge on any atom is -0.361 e. The maximum absolute atomic E-state index is 13.3. The van der Waals surface area contributed by atoms with Crippen LogP contribution in [-0.2, 0) is 6.54 Å². The maximum atomic E-state index is 13.3. The Balaban J connectivity index is 1.84. The molecule has 136 valence electrons. The van der Waals surface area contributed by atoms with E-state index < -0.39 is 6.17 Å². The number of anilines is 1. The molecule has 3 nitrogen and oxygen atoms in total. The summed E-state index contributed by atoms with van der Waals surface area (Å²) in [7, 11) is 0. The fourth-order valence-corrected chi connectivity index (χ4v) is 4.07. The van der Waals surface area contributed by atoms with Crippen molar-refractivity contribution in [3.63, 3.8) is 0 Å². The average Bonchev–Trinajstić information content (AvgIpc) is 2.66. The summed E-state index contributed by atoms with van der Waals surface area (Å²) < 4.78 is 0. The molecule has 3 aromatic rings. The molecule has 1 heterocycles. The smallest absolute Gasteiger partial charge is 0.258 e. The van der Waals surface area contributed by atoms with Gasteiger partial charge in [-0.15, -0.1) is 0 Å². The van der Waals surface area contributed by atoms with E-state index in [1.54, 1.807) is 29.2 Å². The van der Waals surface area contributed by atoms with Crippen molar-refractivity contribution in [3.05, 3.63) is 98.5 Å². The number of carbonyl (C=O) groups excluding carboxylic acids is 1. The van der Waals surface area contributed by atoms with Gasteiger partial charge in [0, 0.05) is 32.9 Å². The monoisotopic (exact) mass is 416 g/mol. The highest BCUT2D eigenvalue weighted by Gasteiger charge is 2.35. The third-order valence-electron chi connectivity index (χ3n) is 4.59. The minimum absolute atomic E-state index is 0.106. The number of nitrogens with zero attached hydrogens (tertiary/aromatic N) is 1. The first-order valence-corrected chi connectivity index (χ1v) is 9.53. The van der Waals surface area contributed by atoms with Gasteiger partial charge < -0.3 is 10.2 Å². The first-order valence-electron chi connectivity index (χ1n) is 8.40. The van der Waals surface area contributed by atoms with E-state index in [2.05, 4.69) is 5.32 Å². The largest absolute Gasteiger partial charge is 0.361 e. The summed E-state index contributed by atoms with van der Waals surface area (Å²) in [5.41, 5.74) is 2.86. The standard InChI is InChI=1S/C21H15Cl3N2O/c22-15-8-3-1-6-13(15)12-26-20(19-16(23)9-5-10-17(19)24)25-18-11-4-2-7-14(18)21(26)27/h1-11,20,25H,12H2. The molecule has 0 saturated carbocycles. The molecule has 27 heavy (non-hydrogen) atoms. The van der Waals surface area contributed by atoms with Crippen LogP contribution in [0, 0.1) is 0 Å². The van der Waals surface area contributed by atoms with E-state index in [9.17, 15) is 4.79 Å². The second-order valence-electron chi connectivity index (χ2n) is 6.25. The SMILES string of the molecule is O=C1c2ccccc2NC(c2c(Cl)cccc2Cl)N1Cc1ccccc1Cl. The zero-order valence-electron chi connectivity index (χ0n) is 14.1. The number of benzene rings is 3. The number of para-hydroxylation sites is 1. The van der Waals surface area contributed by atoms with Crippen molar-refractivity contribution in [2.45, 2.75) is 12.7 Å². The lowest BCUT2D eigenvalue weighted by Gasteiger charge is -2.39. The topological polar surface area (TPSA) is 32.3 Å². The van der Waals surface area contributed by atoms with Gasteiger partial charge in [0.05, 0.1) is 5.56 Å². The number of halogens is 3. The van der Waals surface area contributed by atoms with Crippen molar-refractivity contribution < 1.29 is 4.79 Å². The first-order chi connectivity index (χ1) is 13.1. The Hall–Kier alpha value is -2.20. The molecule has 1 unspecified atom stereocenters. The molecule has 3 aromatic carbocycles. The van der Waals surface area contributed by atoms with Gasteiger partial charge in [0.2, 0.25) is 0 Å². The Labute approximate surface area is 172 Å². The van der Waals surface area contributed by atoms with Gasteiger partial charge in [-0.05, 0) is 35.9 Å². The van der Waals surface area contributed by atoms with E-state index in [1.807, 2.05) is 42.5 Å². The molecule has 0 radical (unpaired) electrons. The summed E-state index contributed by atoms with van der Waals surface area (Å²) in [6.45, 7) is 0.325. The number of hydrogen-bond acceptors (Lipinski definition) is 2. The summed E-state index contributed by atoms with van der Waals surface area (Å²) in [5, 5.41) is 5.01. The Bertz CT molecular complexity index is 1000. The van der Waals surface area contributed by atoms with E-state index in [1.165, 1.54) is 0 Å². The molecule has 0 spiro atoms. The molecule has 0 bridgehead atoms. The van der Waals surface area contributed by atoms with Crippen LogP contribution in [0.2, 0.25) is 15.1 Å². The third-order valence-corrected chi connectivity index (χ3v) is 5.62. The molecule has 6 heteroatoms. The fourth-order valence-electron chi connectivity index (χ4n) is 3.27. The Morgan fingerprint density at radius 1 is 0.815 bits per heavy atom. The van der Waals surface area contributed by atoms with Crippen LogP contribution in [0.25, 0.3) is 0 Å². The normalized spacial score (nSPS) is 16.0. The third kappa shape index (κ3) is 3.39. The van der Waals surface area contributed by atoms with E-state index >= 15 is 0 Å². The Morgan fingerprint density at radius 3 is 2.19 bits per heavy atom. The van der Waals surface area contributed by atoms with Gasteiger partial charge >= 0.3 is 0 Å². The molecule has 1 aliphatic heterocycles. The average molecular weight is 418 g/mol. The Morgan fingerprint density at radius 2 is 1.44 bits per heavy atom. The highest BCUT2D eigenvalue weighted by molar-refractivity contribution is 6.36. The lowest BCUT2D eigenvalue weighted by Crippen LogP contribution is -2.42. The summed E-state index contributed by atoms with van der Waals surface area (Å²) in [4.78, 5) is 15.0. The Kier molecular flexibility index (Phi) is 5.00. The van der Waals surface area contributed by atoms with Crippen LogP contribution >= 0.6 is 34.8 Å². The quantitative estimate of drug-likeness (QED) is 0.534. The van der Waals surface area contributed by atoms with Gasteiger partial charge in [-0.2, -0.15) is 0 Å². The summed E-state index contributed by atoms with van der Waals surface area (Å²) in [6, 6.07) is 20.2. The molecule has 4 rings (SSSR count). The molecule has 1 amide bonds. The molecule has 0 aromatic heterocycles. The van der Waals surface area contributed by atoms with Crippen LogP contribution in [0.1, 0.15) is 27.7 Å². The van der Waals surface area contributed by atoms with Gasteiger partial charge in [0.25, 0.3) is 5.91 Å². The number of hydrogen-bond donors (Lipinski definition) is 1. The van der Waals surface area contributed by atoms with Gasteiger partial charge in [-0.3, -0.25) is 4.79 Å². The minimum atomic E-state index is -0.509. The molecule has 0 saturated heterocycles. The predicted molar refractivity (Wildman–Crippen MR) is 111 cm³/mol. The lowest BCUT2D eigenvalue weighted by molar-refractivity contribution is 0.0667. The molecule has 0 aliphatic carbocycles. The highest BCUT2D eigenvalue weighted by Crippen LogP contribution is 2.40. The van der Waals surface area contributed by atoms with Crippen molar-refractivity contribution in [1.29, 1.82) is 0 Å². The summed E-state index contributed by atoms with van der Waals surface area (Å²) in [5.74, 6) is -0.106. The fraction of sp³-hybridized carbons (Fsp3) is 0.0952. The van der Waals surface area contributed by atoms with Gasteiger partial charge in [-0.25, -0.2) is 0 Å². The zero-order valence-corrected chi connectivity index (χ0v) is 16.4. The molecular formula is C21H15Cl3N2O. The van der Waals surface area contributed by atoms with E-state index in [4.69, 9.17) is 34.8 Å². The number of carbonyl (C=O) groups is 1. The number of fused-ring (bicyclic) bond motifs is 1. The van der Waals surface area contributed by atoms with Crippen molar-refractivity contribution in [3.8, 4) is 0 Å². The molecular weight excluding hydrogens is 403 g/mol. The summed E-state index contributed by atoms with van der Waals surface area (Å²) in [6.07, 6.45) is -0.509. The number of amides is 1. The number of rotatable bonds is 3. The van der Waals surface area contributed by atoms with Crippen LogP contribution in [0.4, 0.5) is 5.69 Å². The van der Waals surface area contributed by atoms with Crippen molar-refractivity contribution in [2.24, 2.45) is 0 Å². The predicted octanol–water partition coefficient (Wildman–Crippen LogP) is 6.41. The van der Waals surface area contributed by atoms with Crippen molar-refractivity contribution in [1.82, 2.24) is 4.90 Å². The summed E-state index contributed by atoms with van der Waals surface area (Å²) >= 11 is 19.2. The zero-order chi connectivity index (χ0) is 19.0. The van der Waals surface area contributed by atoms with Crippen molar-refractivity contribution >= 4 is 46.4 Å². The highest BCUT2D eigenvalue weighted by atomic mass is 35.5. The maximum Gasteiger partial charge on any atom is 0.258 e. The first kappa shape index (κ1) is 18.2. The van der Waals surface area contributed by atoms with Crippen LogP contribution in [0.5, 0.6) is 0 Å².